The van der Waals surface area contributed by atoms with Crippen molar-refractivity contribution in [2.75, 3.05) is 42.1 Å². The predicted molar refractivity (Wildman–Crippen MR) is 127 cm³/mol. The van der Waals surface area contributed by atoms with Gasteiger partial charge in [-0.15, -0.1) is 11.8 Å². The Hall–Kier alpha value is -3.46. The lowest BCUT2D eigenvalue weighted by Crippen LogP contribution is -2.49. The number of piperazine rings is 1. The van der Waals surface area contributed by atoms with Crippen molar-refractivity contribution in [2.24, 2.45) is 0 Å². The molecule has 0 spiro atoms. The Morgan fingerprint density at radius 1 is 1.00 bits per heavy atom. The van der Waals surface area contributed by atoms with Gasteiger partial charge in [0.25, 0.3) is 11.8 Å². The Kier molecular flexibility index (Phi) is 7.19. The maximum absolute atomic E-state index is 13.8. The molecule has 1 N–H and O–H groups in total. The van der Waals surface area contributed by atoms with E-state index in [1.165, 1.54) is 18.2 Å². The van der Waals surface area contributed by atoms with Gasteiger partial charge in [-0.3, -0.25) is 9.59 Å². The summed E-state index contributed by atoms with van der Waals surface area (Å²) in [5, 5.41) is 3.43. The summed E-state index contributed by atoms with van der Waals surface area (Å²) in [5.74, 6) is 0.518. The summed E-state index contributed by atoms with van der Waals surface area (Å²) in [6.45, 7) is 4.50. The normalized spacial score (nSPS) is 13.6. The van der Waals surface area contributed by atoms with E-state index in [2.05, 4.69) is 20.2 Å². The number of aromatic nitrogens is 2. The molecule has 1 fully saturated rings. The molecule has 0 bridgehead atoms. The second-order valence-electron chi connectivity index (χ2n) is 7.41. The molecule has 1 aromatic carbocycles. The van der Waals surface area contributed by atoms with E-state index < -0.39 is 11.7 Å². The van der Waals surface area contributed by atoms with Crippen LogP contribution in [-0.2, 0) is 0 Å². The molecule has 3 aromatic rings. The number of nitrogens with zero attached hydrogens (tertiary/aromatic N) is 4. The highest BCUT2D eigenvalue weighted by atomic mass is 32.2. The van der Waals surface area contributed by atoms with Gasteiger partial charge in [-0.05, 0) is 42.2 Å². The molecule has 1 aliphatic heterocycles. The largest absolute Gasteiger partial charge is 0.353 e. The number of halogens is 1. The van der Waals surface area contributed by atoms with Crippen molar-refractivity contribution in [1.29, 1.82) is 0 Å². The first-order chi connectivity index (χ1) is 16.1. The molecule has 2 aromatic heterocycles. The molecule has 33 heavy (non-hydrogen) atoms. The van der Waals surface area contributed by atoms with E-state index in [0.29, 0.717) is 37.4 Å². The number of pyridine rings is 2. The zero-order valence-electron chi connectivity index (χ0n) is 18.2. The molecule has 4 rings (SSSR count). The van der Waals surface area contributed by atoms with Crippen molar-refractivity contribution >= 4 is 35.1 Å². The van der Waals surface area contributed by atoms with Crippen LogP contribution in [0.25, 0.3) is 0 Å². The van der Waals surface area contributed by atoms with Gasteiger partial charge in [0.2, 0.25) is 0 Å². The summed E-state index contributed by atoms with van der Waals surface area (Å²) >= 11 is 1.57. The zero-order valence-corrected chi connectivity index (χ0v) is 19.0. The zero-order chi connectivity index (χ0) is 23.2. The first kappa shape index (κ1) is 22.7. The molecule has 2 amide bonds. The number of hydrogen-bond acceptors (Lipinski definition) is 6. The van der Waals surface area contributed by atoms with Gasteiger partial charge in [-0.2, -0.15) is 0 Å². The van der Waals surface area contributed by atoms with Crippen molar-refractivity contribution in [3.8, 4) is 0 Å². The molecule has 3 heterocycles. The number of anilines is 2. The van der Waals surface area contributed by atoms with Crippen molar-refractivity contribution in [1.82, 2.24) is 14.9 Å². The molecule has 170 valence electrons. The molecular weight excluding hydrogens is 441 g/mol. The number of thioether (sulfide) groups is 1. The highest BCUT2D eigenvalue weighted by Crippen LogP contribution is 2.23. The Balaban J connectivity index is 1.35. The number of carbonyl (C=O) groups excluding carboxylic acids is 2. The van der Waals surface area contributed by atoms with Gasteiger partial charge in [-0.25, -0.2) is 14.4 Å². The average Bonchev–Trinajstić information content (AvgIpc) is 2.85. The smallest absolute Gasteiger partial charge is 0.258 e. The Morgan fingerprint density at radius 3 is 2.45 bits per heavy atom. The summed E-state index contributed by atoms with van der Waals surface area (Å²) in [5.41, 5.74) is 1.11. The molecule has 7 nitrogen and oxygen atoms in total. The highest BCUT2D eigenvalue weighted by Gasteiger charge is 2.25. The number of nitrogens with one attached hydrogen (secondary N) is 1. The van der Waals surface area contributed by atoms with Crippen molar-refractivity contribution < 1.29 is 14.0 Å². The van der Waals surface area contributed by atoms with Gasteiger partial charge in [0, 0.05) is 32.4 Å². The molecule has 1 saturated heterocycles. The fourth-order valence-corrected chi connectivity index (χ4v) is 4.32. The number of carbonyl (C=O) groups is 2. The maximum Gasteiger partial charge on any atom is 0.258 e. The topological polar surface area (TPSA) is 78.4 Å². The molecule has 1 aliphatic rings. The minimum atomic E-state index is -0.571. The first-order valence-corrected chi connectivity index (χ1v) is 11.7. The maximum atomic E-state index is 13.8. The molecule has 0 saturated carbocycles. The quantitative estimate of drug-likeness (QED) is 0.556. The van der Waals surface area contributed by atoms with Gasteiger partial charge in [0.05, 0.1) is 23.0 Å². The van der Waals surface area contributed by atoms with Crippen molar-refractivity contribution in [3.05, 3.63) is 77.9 Å². The average molecular weight is 466 g/mol. The number of hydrogen-bond donors (Lipinski definition) is 1. The minimum Gasteiger partial charge on any atom is -0.353 e. The van der Waals surface area contributed by atoms with E-state index in [-0.39, 0.29) is 11.5 Å². The molecule has 0 aliphatic carbocycles. The van der Waals surface area contributed by atoms with Gasteiger partial charge in [0.1, 0.15) is 16.7 Å². The highest BCUT2D eigenvalue weighted by molar-refractivity contribution is 7.99. The van der Waals surface area contributed by atoms with Crippen LogP contribution in [0.4, 0.5) is 15.9 Å². The van der Waals surface area contributed by atoms with Gasteiger partial charge in [0.15, 0.2) is 0 Å². The predicted octanol–water partition coefficient (Wildman–Crippen LogP) is 3.94. The monoisotopic (exact) mass is 465 g/mol. The fourth-order valence-electron chi connectivity index (χ4n) is 3.61. The second kappa shape index (κ2) is 10.4. The van der Waals surface area contributed by atoms with Crippen molar-refractivity contribution in [2.45, 2.75) is 11.9 Å². The Labute approximate surface area is 196 Å². The number of rotatable bonds is 6. The van der Waals surface area contributed by atoms with Crippen LogP contribution in [0, 0.1) is 5.82 Å². The van der Waals surface area contributed by atoms with E-state index >= 15 is 0 Å². The second-order valence-corrected chi connectivity index (χ2v) is 8.66. The van der Waals surface area contributed by atoms with Crippen LogP contribution in [0.5, 0.6) is 0 Å². The molecule has 0 radical (unpaired) electrons. The van der Waals surface area contributed by atoms with E-state index in [9.17, 15) is 14.0 Å². The SMILES string of the molecule is CCSc1ncccc1C(=O)N1CCN(c2ccc(NC(=O)c3ccccc3F)cn2)CC1. The standard InChI is InChI=1S/C24H24FN5O2S/c1-2-33-23-19(7-5-11-26-23)24(32)30-14-12-29(13-15-30)21-10-9-17(16-27-21)28-22(31)18-6-3-4-8-20(18)25/h3-11,16H,2,12-15H2,1H3,(H,28,31). The van der Waals surface area contributed by atoms with Crippen LogP contribution >= 0.6 is 11.8 Å². The number of amides is 2. The minimum absolute atomic E-state index is 0.00198. The third-order valence-electron chi connectivity index (χ3n) is 5.30. The van der Waals surface area contributed by atoms with E-state index in [1.54, 1.807) is 42.4 Å². The van der Waals surface area contributed by atoms with E-state index in [4.69, 9.17) is 0 Å². The third-order valence-corrected chi connectivity index (χ3v) is 6.19. The Bertz CT molecular complexity index is 1130. The van der Waals surface area contributed by atoms with E-state index in [1.807, 2.05) is 24.0 Å². The first-order valence-electron chi connectivity index (χ1n) is 10.7. The van der Waals surface area contributed by atoms with Crippen LogP contribution in [0.15, 0.2) is 66.0 Å². The summed E-state index contributed by atoms with van der Waals surface area (Å²) < 4.78 is 13.8. The molecule has 0 unspecified atom stereocenters. The van der Waals surface area contributed by atoms with Gasteiger partial charge < -0.3 is 15.1 Å². The van der Waals surface area contributed by atoms with Gasteiger partial charge in [-0.1, -0.05) is 19.1 Å². The lowest BCUT2D eigenvalue weighted by molar-refractivity contribution is 0.0742. The molecule has 0 atom stereocenters. The van der Waals surface area contributed by atoms with Crippen LogP contribution in [-0.4, -0.2) is 58.6 Å². The summed E-state index contributed by atoms with van der Waals surface area (Å²) in [4.78, 5) is 38.0. The van der Waals surface area contributed by atoms with Crippen LogP contribution in [0.1, 0.15) is 27.6 Å². The fraction of sp³-hybridized carbons (Fsp3) is 0.250. The lowest BCUT2D eigenvalue weighted by atomic mass is 10.2. The van der Waals surface area contributed by atoms with Crippen LogP contribution < -0.4 is 10.2 Å². The van der Waals surface area contributed by atoms with Gasteiger partial charge >= 0.3 is 0 Å². The van der Waals surface area contributed by atoms with Crippen LogP contribution in [0.3, 0.4) is 0 Å². The summed E-state index contributed by atoms with van der Waals surface area (Å²) in [7, 11) is 0. The van der Waals surface area contributed by atoms with E-state index in [0.717, 1.165) is 16.6 Å². The number of benzene rings is 1. The van der Waals surface area contributed by atoms with Crippen LogP contribution in [0.2, 0.25) is 0 Å². The Morgan fingerprint density at radius 2 is 1.76 bits per heavy atom. The summed E-state index contributed by atoms with van der Waals surface area (Å²) in [6.07, 6.45) is 3.26. The molecule has 9 heteroatoms. The lowest BCUT2D eigenvalue weighted by Gasteiger charge is -2.35. The third kappa shape index (κ3) is 5.31. The van der Waals surface area contributed by atoms with Crippen molar-refractivity contribution in [3.63, 3.8) is 0 Å². The summed E-state index contributed by atoms with van der Waals surface area (Å²) in [6, 6.07) is 13.0. The molecular formula is C24H24FN5O2S.